The predicted octanol–water partition coefficient (Wildman–Crippen LogP) is 2.26. The average Bonchev–Trinajstić information content (AvgIpc) is 2.76. The van der Waals surface area contributed by atoms with Crippen molar-refractivity contribution in [2.24, 2.45) is 0 Å². The van der Waals surface area contributed by atoms with Crippen LogP contribution in [-0.2, 0) is 0 Å². The number of rotatable bonds is 2. The van der Waals surface area contributed by atoms with E-state index in [1.807, 2.05) is 6.07 Å². The molecule has 2 rings (SSSR count). The molecule has 2 aromatic rings. The molecule has 80 valence electrons. The quantitative estimate of drug-likeness (QED) is 0.865. The smallest absolute Gasteiger partial charge is 0.205 e. The highest BCUT2D eigenvalue weighted by atomic mass is 32.1. The number of aromatic nitrogens is 2. The minimum Gasteiger partial charge on any atom is -0.363 e. The summed E-state index contributed by atoms with van der Waals surface area (Å²) >= 11 is 1.30. The number of anilines is 1. The van der Waals surface area contributed by atoms with Gasteiger partial charge in [0.1, 0.15) is 10.8 Å². The first kappa shape index (κ1) is 10.5. The van der Waals surface area contributed by atoms with Gasteiger partial charge in [-0.05, 0) is 18.2 Å². The van der Waals surface area contributed by atoms with E-state index >= 15 is 0 Å². The Balaban J connectivity index is 2.47. The zero-order valence-corrected chi connectivity index (χ0v) is 9.18. The molecule has 0 saturated heterocycles. The van der Waals surface area contributed by atoms with Crippen LogP contribution in [-0.4, -0.2) is 17.2 Å². The van der Waals surface area contributed by atoms with Crippen LogP contribution in [0.25, 0.3) is 10.6 Å². The van der Waals surface area contributed by atoms with Crippen LogP contribution >= 0.6 is 11.3 Å². The Morgan fingerprint density at radius 2 is 2.19 bits per heavy atom. The highest BCUT2D eigenvalue weighted by molar-refractivity contribution is 7.18. The Morgan fingerprint density at radius 3 is 2.81 bits per heavy atom. The lowest BCUT2D eigenvalue weighted by Crippen LogP contribution is -1.85. The van der Waals surface area contributed by atoms with E-state index in [-0.39, 0.29) is 5.56 Å². The molecule has 0 saturated carbocycles. The van der Waals surface area contributed by atoms with E-state index < -0.39 is 5.82 Å². The SMILES string of the molecule is CNc1nnc(-c2cc(F)cc(C#N)c2)s1. The molecular formula is C10H7FN4S. The maximum absolute atomic E-state index is 13.2. The summed E-state index contributed by atoms with van der Waals surface area (Å²) in [4.78, 5) is 0. The first-order valence-corrected chi connectivity index (χ1v) is 5.27. The lowest BCUT2D eigenvalue weighted by Gasteiger charge is -1.96. The Hall–Kier alpha value is -2.00. The van der Waals surface area contributed by atoms with Gasteiger partial charge in [-0.15, -0.1) is 10.2 Å². The molecule has 1 N–H and O–H groups in total. The summed E-state index contributed by atoms with van der Waals surface area (Å²) in [6, 6.07) is 6.00. The number of nitrogens with zero attached hydrogens (tertiary/aromatic N) is 3. The molecule has 0 unspecified atom stereocenters. The van der Waals surface area contributed by atoms with Gasteiger partial charge >= 0.3 is 0 Å². The molecule has 0 aliphatic rings. The summed E-state index contributed by atoms with van der Waals surface area (Å²) in [5, 5.41) is 20.6. The van der Waals surface area contributed by atoms with Crippen molar-refractivity contribution in [1.29, 1.82) is 5.26 Å². The molecule has 4 nitrogen and oxygen atoms in total. The largest absolute Gasteiger partial charge is 0.363 e. The summed E-state index contributed by atoms with van der Waals surface area (Å²) in [5.41, 5.74) is 0.840. The summed E-state index contributed by atoms with van der Waals surface area (Å²) in [7, 11) is 1.73. The first-order chi connectivity index (χ1) is 7.72. The maximum atomic E-state index is 13.2. The Kier molecular flexibility index (Phi) is 2.79. The molecule has 0 amide bonds. The van der Waals surface area contributed by atoms with E-state index in [9.17, 15) is 4.39 Å². The molecule has 1 aromatic heterocycles. The van der Waals surface area contributed by atoms with Gasteiger partial charge < -0.3 is 5.32 Å². The van der Waals surface area contributed by atoms with Crippen LogP contribution in [0.2, 0.25) is 0 Å². The third kappa shape index (κ3) is 1.99. The van der Waals surface area contributed by atoms with E-state index in [1.54, 1.807) is 13.1 Å². The molecule has 0 radical (unpaired) electrons. The molecule has 0 atom stereocenters. The van der Waals surface area contributed by atoms with Gasteiger partial charge in [0.15, 0.2) is 0 Å². The van der Waals surface area contributed by atoms with E-state index in [0.29, 0.717) is 15.7 Å². The van der Waals surface area contributed by atoms with Gasteiger partial charge in [-0.3, -0.25) is 0 Å². The van der Waals surface area contributed by atoms with Crippen LogP contribution in [0.3, 0.4) is 0 Å². The number of hydrogen-bond donors (Lipinski definition) is 1. The van der Waals surface area contributed by atoms with Gasteiger partial charge in [0, 0.05) is 12.6 Å². The summed E-state index contributed by atoms with van der Waals surface area (Å²) < 4.78 is 13.2. The molecule has 0 fully saturated rings. The van der Waals surface area contributed by atoms with Crippen LogP contribution in [0, 0.1) is 17.1 Å². The highest BCUT2D eigenvalue weighted by Gasteiger charge is 2.08. The van der Waals surface area contributed by atoms with Crippen molar-refractivity contribution in [2.75, 3.05) is 12.4 Å². The number of benzene rings is 1. The van der Waals surface area contributed by atoms with Gasteiger partial charge in [0.25, 0.3) is 0 Å². The topological polar surface area (TPSA) is 61.6 Å². The molecule has 0 bridgehead atoms. The number of nitrogens with one attached hydrogen (secondary N) is 1. The molecule has 0 aliphatic carbocycles. The second kappa shape index (κ2) is 4.24. The Labute approximate surface area is 95.4 Å². The van der Waals surface area contributed by atoms with E-state index in [0.717, 1.165) is 0 Å². The van der Waals surface area contributed by atoms with Crippen molar-refractivity contribution < 1.29 is 4.39 Å². The molecule has 0 spiro atoms. The monoisotopic (exact) mass is 234 g/mol. The molecule has 1 heterocycles. The average molecular weight is 234 g/mol. The molecule has 16 heavy (non-hydrogen) atoms. The minimum absolute atomic E-state index is 0.274. The normalized spacial score (nSPS) is 9.81. The molecule has 6 heteroatoms. The maximum Gasteiger partial charge on any atom is 0.205 e. The minimum atomic E-state index is -0.449. The standard InChI is InChI=1S/C10H7FN4S/c1-13-10-15-14-9(16-10)7-2-6(5-12)3-8(11)4-7/h2-4H,1H3,(H,13,15). The van der Waals surface area contributed by atoms with Gasteiger partial charge in [-0.1, -0.05) is 11.3 Å². The van der Waals surface area contributed by atoms with Gasteiger partial charge in [-0.25, -0.2) is 4.39 Å². The van der Waals surface area contributed by atoms with Gasteiger partial charge in [0.2, 0.25) is 5.13 Å². The predicted molar refractivity (Wildman–Crippen MR) is 59.6 cm³/mol. The third-order valence-corrected chi connectivity index (χ3v) is 2.90. The van der Waals surface area contributed by atoms with Crippen molar-refractivity contribution in [3.8, 4) is 16.6 Å². The third-order valence-electron chi connectivity index (χ3n) is 1.91. The lowest BCUT2D eigenvalue weighted by atomic mass is 10.1. The van der Waals surface area contributed by atoms with Crippen molar-refractivity contribution in [3.63, 3.8) is 0 Å². The van der Waals surface area contributed by atoms with Crippen LogP contribution in [0.5, 0.6) is 0 Å². The Morgan fingerprint density at radius 1 is 1.38 bits per heavy atom. The van der Waals surface area contributed by atoms with Crippen molar-refractivity contribution in [1.82, 2.24) is 10.2 Å². The van der Waals surface area contributed by atoms with Crippen LogP contribution in [0.4, 0.5) is 9.52 Å². The van der Waals surface area contributed by atoms with Crippen LogP contribution in [0.1, 0.15) is 5.56 Å². The molecule has 1 aromatic carbocycles. The van der Waals surface area contributed by atoms with Crippen molar-refractivity contribution in [3.05, 3.63) is 29.6 Å². The van der Waals surface area contributed by atoms with Crippen molar-refractivity contribution in [2.45, 2.75) is 0 Å². The second-order valence-corrected chi connectivity index (χ2v) is 3.98. The highest BCUT2D eigenvalue weighted by Crippen LogP contribution is 2.27. The van der Waals surface area contributed by atoms with Gasteiger partial charge in [-0.2, -0.15) is 5.26 Å². The summed E-state index contributed by atoms with van der Waals surface area (Å²) in [6.45, 7) is 0. The Bertz CT molecular complexity index is 558. The number of nitriles is 1. The first-order valence-electron chi connectivity index (χ1n) is 4.45. The van der Waals surface area contributed by atoms with E-state index in [2.05, 4.69) is 15.5 Å². The van der Waals surface area contributed by atoms with Crippen LogP contribution in [0.15, 0.2) is 18.2 Å². The second-order valence-electron chi connectivity index (χ2n) is 3.00. The van der Waals surface area contributed by atoms with Crippen LogP contribution < -0.4 is 5.32 Å². The fraction of sp³-hybridized carbons (Fsp3) is 0.100. The van der Waals surface area contributed by atoms with E-state index in [1.165, 1.54) is 23.5 Å². The lowest BCUT2D eigenvalue weighted by molar-refractivity contribution is 0.628. The number of halogens is 1. The summed E-state index contributed by atoms with van der Waals surface area (Å²) in [5.74, 6) is -0.449. The van der Waals surface area contributed by atoms with Crippen molar-refractivity contribution >= 4 is 16.5 Å². The summed E-state index contributed by atoms with van der Waals surface area (Å²) in [6.07, 6.45) is 0. The zero-order chi connectivity index (χ0) is 11.5. The van der Waals surface area contributed by atoms with E-state index in [4.69, 9.17) is 5.26 Å². The fourth-order valence-corrected chi connectivity index (χ4v) is 1.90. The van der Waals surface area contributed by atoms with Gasteiger partial charge in [0.05, 0.1) is 11.6 Å². The fourth-order valence-electron chi connectivity index (χ4n) is 1.22. The molecular weight excluding hydrogens is 227 g/mol. The number of hydrogen-bond acceptors (Lipinski definition) is 5. The zero-order valence-electron chi connectivity index (χ0n) is 8.36. The molecule has 0 aliphatic heterocycles.